The Morgan fingerprint density at radius 1 is 1.27 bits per heavy atom. The van der Waals surface area contributed by atoms with Crippen molar-refractivity contribution in [2.45, 2.75) is 27.2 Å². The molecule has 0 aliphatic heterocycles. The third kappa shape index (κ3) is 6.36. The molecule has 6 nitrogen and oxygen atoms in total. The number of ether oxygens (including phenoxy) is 1. The van der Waals surface area contributed by atoms with Crippen LogP contribution in [0.15, 0.2) is 5.10 Å². The average Bonchev–Trinajstić information content (AvgIpc) is 2.14. The number of rotatable bonds is 5. The summed E-state index contributed by atoms with van der Waals surface area (Å²) in [5, 5.41) is 3.50. The number of hydrogen-bond donors (Lipinski definition) is 1. The van der Waals surface area contributed by atoms with Crippen molar-refractivity contribution in [3.63, 3.8) is 0 Å². The predicted octanol–water partition coefficient (Wildman–Crippen LogP) is 0.0207. The number of hydrazone groups is 1. The lowest BCUT2D eigenvalue weighted by atomic mass is 10.3. The molecule has 0 aliphatic rings. The first-order valence-corrected chi connectivity index (χ1v) is 4.47. The molecule has 6 heteroatoms. The standard InChI is InChI=1S/C9H14N2O4/c1-4-15-9(14)5-8(13)11-10-6(2)7(3)12/h4-5H2,1-3H3,(H,11,13). The minimum atomic E-state index is -0.620. The molecule has 0 aromatic rings. The predicted molar refractivity (Wildman–Crippen MR) is 53.2 cm³/mol. The van der Waals surface area contributed by atoms with Crippen molar-refractivity contribution < 1.29 is 19.1 Å². The van der Waals surface area contributed by atoms with Crippen LogP contribution in [0, 0.1) is 0 Å². The molecule has 1 N–H and O–H groups in total. The van der Waals surface area contributed by atoms with E-state index in [0.29, 0.717) is 0 Å². The molecule has 1 amide bonds. The van der Waals surface area contributed by atoms with Gasteiger partial charge in [-0.15, -0.1) is 0 Å². The zero-order chi connectivity index (χ0) is 11.8. The number of amides is 1. The summed E-state index contributed by atoms with van der Waals surface area (Å²) in [6.45, 7) is 4.67. The molecular weight excluding hydrogens is 200 g/mol. The lowest BCUT2D eigenvalue weighted by molar-refractivity contribution is -0.145. The molecule has 0 spiro atoms. The second kappa shape index (κ2) is 6.69. The number of esters is 1. The lowest BCUT2D eigenvalue weighted by Crippen LogP contribution is -2.24. The number of ketones is 1. The van der Waals surface area contributed by atoms with E-state index in [4.69, 9.17) is 0 Å². The van der Waals surface area contributed by atoms with Gasteiger partial charge in [0, 0.05) is 6.92 Å². The van der Waals surface area contributed by atoms with Crippen LogP contribution < -0.4 is 5.43 Å². The lowest BCUT2D eigenvalue weighted by Gasteiger charge is -2.00. The second-order valence-corrected chi connectivity index (χ2v) is 2.77. The van der Waals surface area contributed by atoms with Crippen LogP contribution in [0.4, 0.5) is 0 Å². The third-order valence-electron chi connectivity index (χ3n) is 1.47. The molecule has 0 saturated heterocycles. The second-order valence-electron chi connectivity index (χ2n) is 2.77. The van der Waals surface area contributed by atoms with Gasteiger partial charge in [-0.05, 0) is 13.8 Å². The van der Waals surface area contributed by atoms with Crippen molar-refractivity contribution in [2.24, 2.45) is 5.10 Å². The monoisotopic (exact) mass is 214 g/mol. The maximum absolute atomic E-state index is 11.0. The molecule has 0 aromatic carbocycles. The molecule has 0 radical (unpaired) electrons. The van der Waals surface area contributed by atoms with Crippen LogP contribution >= 0.6 is 0 Å². The number of carbonyl (C=O) groups is 3. The smallest absolute Gasteiger partial charge is 0.315 e. The van der Waals surface area contributed by atoms with Gasteiger partial charge in [-0.3, -0.25) is 14.4 Å². The van der Waals surface area contributed by atoms with E-state index >= 15 is 0 Å². The van der Waals surface area contributed by atoms with Crippen LogP contribution in [0.25, 0.3) is 0 Å². The molecule has 0 aromatic heterocycles. The van der Waals surface area contributed by atoms with Gasteiger partial charge in [-0.2, -0.15) is 5.10 Å². The fourth-order valence-corrected chi connectivity index (χ4v) is 0.608. The van der Waals surface area contributed by atoms with Gasteiger partial charge in [0.25, 0.3) is 5.91 Å². The highest BCUT2D eigenvalue weighted by atomic mass is 16.5. The van der Waals surface area contributed by atoms with Crippen molar-refractivity contribution in [1.82, 2.24) is 5.43 Å². The van der Waals surface area contributed by atoms with Gasteiger partial charge < -0.3 is 4.74 Å². The zero-order valence-electron chi connectivity index (χ0n) is 8.99. The highest BCUT2D eigenvalue weighted by molar-refractivity contribution is 6.38. The van der Waals surface area contributed by atoms with E-state index in [2.05, 4.69) is 15.3 Å². The summed E-state index contributed by atoms with van der Waals surface area (Å²) < 4.78 is 4.55. The number of hydrogen-bond acceptors (Lipinski definition) is 5. The quantitative estimate of drug-likeness (QED) is 0.302. The first-order chi connectivity index (χ1) is 6.97. The third-order valence-corrected chi connectivity index (χ3v) is 1.47. The molecule has 0 heterocycles. The Labute approximate surface area is 87.7 Å². The molecule has 0 unspecified atom stereocenters. The van der Waals surface area contributed by atoms with Gasteiger partial charge in [0.1, 0.15) is 12.1 Å². The van der Waals surface area contributed by atoms with Crippen molar-refractivity contribution in [2.75, 3.05) is 6.61 Å². The van der Waals surface area contributed by atoms with Gasteiger partial charge >= 0.3 is 5.97 Å². The number of carbonyl (C=O) groups excluding carboxylic acids is 3. The topological polar surface area (TPSA) is 84.8 Å². The van der Waals surface area contributed by atoms with Crippen LogP contribution in [-0.2, 0) is 19.1 Å². The van der Waals surface area contributed by atoms with Gasteiger partial charge in [0.05, 0.1) is 6.61 Å². The Morgan fingerprint density at radius 2 is 1.87 bits per heavy atom. The van der Waals surface area contributed by atoms with Gasteiger partial charge in [-0.25, -0.2) is 5.43 Å². The van der Waals surface area contributed by atoms with E-state index < -0.39 is 18.3 Å². The minimum absolute atomic E-state index is 0.173. The molecule has 0 saturated carbocycles. The van der Waals surface area contributed by atoms with E-state index in [1.807, 2.05) is 0 Å². The summed E-state index contributed by atoms with van der Waals surface area (Å²) in [4.78, 5) is 32.6. The number of nitrogens with zero attached hydrogens (tertiary/aromatic N) is 1. The van der Waals surface area contributed by atoms with Gasteiger partial charge in [-0.1, -0.05) is 0 Å². The summed E-state index contributed by atoms with van der Waals surface area (Å²) >= 11 is 0. The maximum Gasteiger partial charge on any atom is 0.315 e. The fourth-order valence-electron chi connectivity index (χ4n) is 0.608. The minimum Gasteiger partial charge on any atom is -0.466 e. The van der Waals surface area contributed by atoms with E-state index in [0.717, 1.165) is 0 Å². The van der Waals surface area contributed by atoms with Crippen LogP contribution in [0.3, 0.4) is 0 Å². The zero-order valence-corrected chi connectivity index (χ0v) is 8.99. The normalized spacial score (nSPS) is 10.7. The molecular formula is C9H14N2O4. The Hall–Kier alpha value is -1.72. The number of Topliss-reactive ketones (excluding diaryl/α,β-unsaturated/α-hetero) is 1. The molecule has 84 valence electrons. The van der Waals surface area contributed by atoms with E-state index in [-0.39, 0.29) is 18.1 Å². The van der Waals surface area contributed by atoms with Crippen LogP contribution in [0.5, 0.6) is 0 Å². The Morgan fingerprint density at radius 3 is 2.33 bits per heavy atom. The molecule has 15 heavy (non-hydrogen) atoms. The Balaban J connectivity index is 4.00. The molecule has 0 rings (SSSR count). The summed E-state index contributed by atoms with van der Waals surface area (Å²) in [6.07, 6.45) is -0.400. The molecule has 0 fully saturated rings. The van der Waals surface area contributed by atoms with Crippen molar-refractivity contribution in [1.29, 1.82) is 0 Å². The van der Waals surface area contributed by atoms with Crippen LogP contribution in [0.1, 0.15) is 27.2 Å². The van der Waals surface area contributed by atoms with Crippen molar-refractivity contribution in [3.8, 4) is 0 Å². The summed E-state index contributed by atoms with van der Waals surface area (Å²) in [5.74, 6) is -1.47. The molecule has 0 bridgehead atoms. The Kier molecular flexibility index (Phi) is 5.92. The van der Waals surface area contributed by atoms with Gasteiger partial charge in [0.2, 0.25) is 0 Å². The van der Waals surface area contributed by atoms with E-state index in [1.165, 1.54) is 13.8 Å². The largest absolute Gasteiger partial charge is 0.466 e. The number of nitrogens with one attached hydrogen (secondary N) is 1. The summed E-state index contributed by atoms with van der Waals surface area (Å²) in [7, 11) is 0. The molecule has 0 aliphatic carbocycles. The summed E-state index contributed by atoms with van der Waals surface area (Å²) in [6, 6.07) is 0. The SMILES string of the molecule is CCOC(=O)CC(=O)NN=C(C)C(C)=O. The fraction of sp³-hybridized carbons (Fsp3) is 0.556. The first kappa shape index (κ1) is 13.3. The van der Waals surface area contributed by atoms with Crippen molar-refractivity contribution >= 4 is 23.4 Å². The van der Waals surface area contributed by atoms with E-state index in [9.17, 15) is 14.4 Å². The summed E-state index contributed by atoms with van der Waals surface area (Å²) in [5.41, 5.74) is 2.25. The van der Waals surface area contributed by atoms with Crippen molar-refractivity contribution in [3.05, 3.63) is 0 Å². The van der Waals surface area contributed by atoms with Gasteiger partial charge in [0.15, 0.2) is 5.78 Å². The van der Waals surface area contributed by atoms with Crippen LogP contribution in [0.2, 0.25) is 0 Å². The highest BCUT2D eigenvalue weighted by Gasteiger charge is 2.09. The molecule has 0 atom stereocenters. The van der Waals surface area contributed by atoms with Crippen LogP contribution in [-0.4, -0.2) is 30.0 Å². The first-order valence-electron chi connectivity index (χ1n) is 4.47. The maximum atomic E-state index is 11.0. The van der Waals surface area contributed by atoms with E-state index in [1.54, 1.807) is 6.92 Å². The Bertz CT molecular complexity index is 296. The highest BCUT2D eigenvalue weighted by Crippen LogP contribution is 1.87. The average molecular weight is 214 g/mol.